The topological polar surface area (TPSA) is 105 Å². The summed E-state index contributed by atoms with van der Waals surface area (Å²) in [4.78, 5) is 0. The molecule has 50 heavy (non-hydrogen) atoms. The number of rotatable bonds is 4. The quantitative estimate of drug-likeness (QED) is 0.351. The number of benzene rings is 1. The number of aliphatic hydroxyl groups excluding tert-OH is 2. The highest BCUT2D eigenvalue weighted by Gasteiger charge is 2.68. The molecule has 9 nitrogen and oxygen atoms in total. The third-order valence-corrected chi connectivity index (χ3v) is 15.4. The molecule has 17 unspecified atom stereocenters. The minimum Gasteiger partial charge on any atom is -0.497 e. The summed E-state index contributed by atoms with van der Waals surface area (Å²) in [5.41, 5.74) is 2.80. The summed E-state index contributed by atoms with van der Waals surface area (Å²) in [6.45, 7) is 10.9. The Hall–Kier alpha value is -1.56. The Bertz CT molecular complexity index is 1440. The summed E-state index contributed by atoms with van der Waals surface area (Å²) in [6, 6.07) is 7.45. The molecule has 276 valence electrons. The molecule has 0 bridgehead atoms. The first kappa shape index (κ1) is 34.2. The van der Waals surface area contributed by atoms with Crippen molar-refractivity contribution < 1.29 is 43.4 Å². The lowest BCUT2D eigenvalue weighted by Gasteiger charge is -2.58. The van der Waals surface area contributed by atoms with Crippen molar-refractivity contribution in [1.29, 1.82) is 0 Å². The molecule has 9 heteroatoms. The van der Waals surface area contributed by atoms with Crippen molar-refractivity contribution in [1.82, 2.24) is 0 Å². The van der Waals surface area contributed by atoms with Gasteiger partial charge in [0, 0.05) is 17.9 Å². The van der Waals surface area contributed by atoms with Crippen LogP contribution in [0.5, 0.6) is 5.75 Å². The van der Waals surface area contributed by atoms with Crippen molar-refractivity contribution in [3.63, 3.8) is 0 Å². The summed E-state index contributed by atoms with van der Waals surface area (Å²) in [5, 5.41) is 22.4. The fraction of sp³-hybridized carbons (Fsp3) is 0.805. The van der Waals surface area contributed by atoms with Gasteiger partial charge in [-0.3, -0.25) is 0 Å². The molecule has 1 aromatic carbocycles. The number of allylic oxidation sites excluding steroid dienone is 1. The van der Waals surface area contributed by atoms with Crippen molar-refractivity contribution >= 4 is 0 Å². The van der Waals surface area contributed by atoms with Crippen molar-refractivity contribution in [2.75, 3.05) is 20.3 Å². The van der Waals surface area contributed by atoms with Crippen LogP contribution >= 0.6 is 0 Å². The Kier molecular flexibility index (Phi) is 8.56. The number of hydrogen-bond donors (Lipinski definition) is 2. The predicted octanol–water partition coefficient (Wildman–Crippen LogP) is 6.31. The monoisotopic (exact) mass is 694 g/mol. The van der Waals surface area contributed by atoms with Crippen molar-refractivity contribution in [3.8, 4) is 5.75 Å². The fourth-order valence-corrected chi connectivity index (χ4v) is 12.6. The average Bonchev–Trinajstić information content (AvgIpc) is 3.57. The van der Waals surface area contributed by atoms with E-state index < -0.39 is 37.0 Å². The highest BCUT2D eigenvalue weighted by atomic mass is 16.8. The van der Waals surface area contributed by atoms with Crippen LogP contribution in [0.4, 0.5) is 0 Å². The van der Waals surface area contributed by atoms with Crippen molar-refractivity contribution in [2.45, 2.75) is 140 Å². The molecule has 4 aliphatic heterocycles. The van der Waals surface area contributed by atoms with Crippen LogP contribution in [0, 0.1) is 46.3 Å². The van der Waals surface area contributed by atoms with Gasteiger partial charge in [0.2, 0.25) is 0 Å². The maximum absolute atomic E-state index is 11.2. The summed E-state index contributed by atoms with van der Waals surface area (Å²) in [7, 11) is 1.62. The highest BCUT2D eigenvalue weighted by molar-refractivity contribution is 5.29. The van der Waals surface area contributed by atoms with Gasteiger partial charge in [-0.15, -0.1) is 0 Å². The van der Waals surface area contributed by atoms with Crippen LogP contribution in [0.15, 0.2) is 35.9 Å². The molecule has 7 fully saturated rings. The third-order valence-electron chi connectivity index (χ3n) is 15.4. The second kappa shape index (κ2) is 12.5. The summed E-state index contributed by atoms with van der Waals surface area (Å²) < 4.78 is 43.7. The molecule has 17 atom stereocenters. The van der Waals surface area contributed by atoms with Crippen LogP contribution in [0.3, 0.4) is 0 Å². The van der Waals surface area contributed by atoms with Crippen LogP contribution in [0.1, 0.15) is 97.3 Å². The largest absolute Gasteiger partial charge is 0.497 e. The predicted molar refractivity (Wildman–Crippen MR) is 184 cm³/mol. The minimum absolute atomic E-state index is 0.0740. The van der Waals surface area contributed by atoms with Crippen molar-refractivity contribution in [2.24, 2.45) is 46.3 Å². The maximum atomic E-state index is 11.2. The molecular weight excluding hydrogens is 636 g/mol. The first-order valence-electron chi connectivity index (χ1n) is 19.6. The smallest absolute Gasteiger partial charge is 0.186 e. The van der Waals surface area contributed by atoms with E-state index in [1.165, 1.54) is 31.3 Å². The van der Waals surface area contributed by atoms with Gasteiger partial charge in [-0.2, -0.15) is 0 Å². The number of aliphatic hydroxyl groups is 2. The van der Waals surface area contributed by atoms with E-state index in [2.05, 4.69) is 33.8 Å². The van der Waals surface area contributed by atoms with Crippen LogP contribution in [0.25, 0.3) is 0 Å². The minimum atomic E-state index is -1.21. The van der Waals surface area contributed by atoms with Crippen molar-refractivity contribution in [3.05, 3.63) is 41.5 Å². The SMILES string of the molecule is COc1ccc(C2OCC3OC(OC4CCC5(C)C(=CCC6C5CCC5(C)C6CC6OC7(CCC(C)CO7)C(C)C65)C4)C(O)C(O)C3O2)cc1. The molecule has 0 amide bonds. The Morgan fingerprint density at radius 3 is 2.46 bits per heavy atom. The number of hydrogen-bond acceptors (Lipinski definition) is 9. The number of fused-ring (bicyclic) bond motifs is 8. The van der Waals surface area contributed by atoms with Gasteiger partial charge in [0.05, 0.1) is 32.5 Å². The van der Waals surface area contributed by atoms with E-state index in [0.29, 0.717) is 47.0 Å². The molecule has 4 aliphatic carbocycles. The van der Waals surface area contributed by atoms with E-state index in [-0.39, 0.29) is 23.9 Å². The van der Waals surface area contributed by atoms with Gasteiger partial charge in [0.1, 0.15) is 30.2 Å². The lowest BCUT2D eigenvalue weighted by atomic mass is 9.47. The molecule has 2 N–H and O–H groups in total. The van der Waals surface area contributed by atoms with E-state index in [0.717, 1.165) is 50.0 Å². The van der Waals surface area contributed by atoms with Gasteiger partial charge < -0.3 is 43.4 Å². The standard InChI is InChI=1S/C41H58O9/c1-22-12-17-41(46-20-22)23(2)33-31(50-41)19-30-28-11-8-25-18-27(13-15-39(25,3)29(28)14-16-40(30,33)4)47-38-35(43)34(42)36-32(48-38)21-45-37(49-36)24-6-9-26(44-5)10-7-24/h6-10,22-23,27-38,42-43H,11-21H2,1-5H3. The lowest BCUT2D eigenvalue weighted by Crippen LogP contribution is -2.62. The zero-order valence-electron chi connectivity index (χ0n) is 30.5. The van der Waals surface area contributed by atoms with Crippen LogP contribution in [-0.2, 0) is 28.4 Å². The third kappa shape index (κ3) is 5.23. The molecular formula is C41H58O9. The normalized spacial score (nSPS) is 52.7. The Labute approximate surface area is 297 Å². The molecule has 9 rings (SSSR count). The molecule has 3 saturated carbocycles. The molecule has 4 saturated heterocycles. The van der Waals surface area contributed by atoms with Gasteiger partial charge in [0.25, 0.3) is 0 Å². The lowest BCUT2D eigenvalue weighted by molar-refractivity contribution is -0.367. The molecule has 8 aliphatic rings. The average molecular weight is 695 g/mol. The zero-order valence-corrected chi connectivity index (χ0v) is 30.5. The first-order chi connectivity index (χ1) is 24.0. The first-order valence-corrected chi connectivity index (χ1v) is 19.6. The fourth-order valence-electron chi connectivity index (χ4n) is 12.6. The van der Waals surface area contributed by atoms with E-state index in [1.54, 1.807) is 7.11 Å². The Morgan fingerprint density at radius 2 is 1.70 bits per heavy atom. The Balaban J connectivity index is 0.845. The van der Waals surface area contributed by atoms with E-state index in [9.17, 15) is 10.2 Å². The highest BCUT2D eigenvalue weighted by Crippen LogP contribution is 2.70. The van der Waals surface area contributed by atoms with Crippen LogP contribution in [0.2, 0.25) is 0 Å². The van der Waals surface area contributed by atoms with Gasteiger partial charge in [-0.25, -0.2) is 0 Å². The number of methoxy groups -OCH3 is 1. The Morgan fingerprint density at radius 1 is 0.880 bits per heavy atom. The van der Waals surface area contributed by atoms with E-state index in [1.807, 2.05) is 24.3 Å². The second-order valence-corrected chi connectivity index (χ2v) is 17.8. The molecule has 0 aromatic heterocycles. The summed E-state index contributed by atoms with van der Waals surface area (Å²) in [5.74, 6) is 4.07. The maximum Gasteiger partial charge on any atom is 0.186 e. The van der Waals surface area contributed by atoms with Gasteiger partial charge in [0.15, 0.2) is 18.4 Å². The van der Waals surface area contributed by atoms with Gasteiger partial charge >= 0.3 is 0 Å². The van der Waals surface area contributed by atoms with E-state index in [4.69, 9.17) is 33.2 Å². The van der Waals surface area contributed by atoms with Gasteiger partial charge in [-0.1, -0.05) is 51.5 Å². The van der Waals surface area contributed by atoms with E-state index >= 15 is 0 Å². The molecule has 0 radical (unpaired) electrons. The van der Waals surface area contributed by atoms with Crippen LogP contribution in [-0.4, -0.2) is 79.2 Å². The van der Waals surface area contributed by atoms with Crippen LogP contribution < -0.4 is 4.74 Å². The molecule has 1 spiro atoms. The number of ether oxygens (including phenoxy) is 7. The zero-order chi connectivity index (χ0) is 34.6. The second-order valence-electron chi connectivity index (χ2n) is 17.8. The summed E-state index contributed by atoms with van der Waals surface area (Å²) in [6.07, 6.45) is 7.50. The molecule has 4 heterocycles. The van der Waals surface area contributed by atoms with Gasteiger partial charge in [-0.05, 0) is 104 Å². The summed E-state index contributed by atoms with van der Waals surface area (Å²) >= 11 is 0. The molecule has 1 aromatic rings.